The normalized spacial score (nSPS) is 11.3. The van der Waals surface area contributed by atoms with Gasteiger partial charge in [-0.2, -0.15) is 0 Å². The van der Waals surface area contributed by atoms with Gasteiger partial charge < -0.3 is 4.42 Å². The molecule has 2 rings (SSSR count). The van der Waals surface area contributed by atoms with Crippen LogP contribution in [-0.4, -0.2) is 4.98 Å². The number of oxazole rings is 1. The van der Waals surface area contributed by atoms with Crippen molar-refractivity contribution in [1.82, 2.24) is 4.98 Å². The van der Waals surface area contributed by atoms with Gasteiger partial charge in [-0.1, -0.05) is 32.9 Å². The van der Waals surface area contributed by atoms with Gasteiger partial charge in [-0.15, -0.1) is 0 Å². The van der Waals surface area contributed by atoms with E-state index in [1.165, 1.54) is 11.1 Å². The largest absolute Gasteiger partial charge is 0.440 e. The Bertz CT molecular complexity index is 572. The first-order valence-electron chi connectivity index (χ1n) is 6.76. The van der Waals surface area contributed by atoms with Crippen LogP contribution in [0.25, 0.3) is 11.5 Å². The van der Waals surface area contributed by atoms with Crippen LogP contribution >= 0.6 is 22.6 Å². The molecule has 0 N–H and O–H groups in total. The van der Waals surface area contributed by atoms with Crippen molar-refractivity contribution >= 4 is 22.6 Å². The van der Waals surface area contributed by atoms with Gasteiger partial charge in [0.25, 0.3) is 0 Å². The topological polar surface area (TPSA) is 26.0 Å². The molecule has 0 spiro atoms. The van der Waals surface area contributed by atoms with Crippen LogP contribution in [0.4, 0.5) is 0 Å². The standard InChI is InChI=1S/C16H20INO/c1-5-14-15(17)18-16(19-14)13-7-6-12(8-10(2)3)9-11(13)4/h6-7,9-10H,5,8H2,1-4H3. The lowest BCUT2D eigenvalue weighted by atomic mass is 9.98. The molecule has 3 heteroatoms. The van der Waals surface area contributed by atoms with Crippen molar-refractivity contribution < 1.29 is 4.42 Å². The van der Waals surface area contributed by atoms with Crippen molar-refractivity contribution in [1.29, 1.82) is 0 Å². The van der Waals surface area contributed by atoms with Gasteiger partial charge in [-0.3, -0.25) is 0 Å². The molecule has 102 valence electrons. The Morgan fingerprint density at radius 2 is 2.05 bits per heavy atom. The molecule has 0 aliphatic heterocycles. The Kier molecular flexibility index (Phi) is 4.66. The maximum atomic E-state index is 5.83. The van der Waals surface area contributed by atoms with Crippen molar-refractivity contribution in [2.75, 3.05) is 0 Å². The minimum Gasteiger partial charge on any atom is -0.440 e. The summed E-state index contributed by atoms with van der Waals surface area (Å²) in [6.45, 7) is 8.70. The highest BCUT2D eigenvalue weighted by molar-refractivity contribution is 14.1. The van der Waals surface area contributed by atoms with E-state index in [-0.39, 0.29) is 0 Å². The third-order valence-electron chi connectivity index (χ3n) is 3.14. The number of rotatable bonds is 4. The monoisotopic (exact) mass is 369 g/mol. The van der Waals surface area contributed by atoms with Crippen LogP contribution in [0.1, 0.15) is 37.7 Å². The lowest BCUT2D eigenvalue weighted by molar-refractivity contribution is 0.522. The number of hydrogen-bond donors (Lipinski definition) is 0. The summed E-state index contributed by atoms with van der Waals surface area (Å²) in [5.74, 6) is 2.40. The summed E-state index contributed by atoms with van der Waals surface area (Å²) in [5.41, 5.74) is 3.72. The van der Waals surface area contributed by atoms with Crippen molar-refractivity contribution in [3.63, 3.8) is 0 Å². The van der Waals surface area contributed by atoms with Gasteiger partial charge in [0, 0.05) is 12.0 Å². The Morgan fingerprint density at radius 1 is 1.32 bits per heavy atom. The van der Waals surface area contributed by atoms with Gasteiger partial charge in [-0.25, -0.2) is 4.98 Å². The number of halogens is 1. The summed E-state index contributed by atoms with van der Waals surface area (Å²) < 4.78 is 6.81. The zero-order valence-electron chi connectivity index (χ0n) is 12.0. The van der Waals surface area contributed by atoms with E-state index in [0.29, 0.717) is 5.92 Å². The molecule has 1 aromatic carbocycles. The third-order valence-corrected chi connectivity index (χ3v) is 3.98. The van der Waals surface area contributed by atoms with Gasteiger partial charge in [0.15, 0.2) is 0 Å². The molecule has 0 fully saturated rings. The number of aryl methyl sites for hydroxylation is 2. The zero-order chi connectivity index (χ0) is 14.0. The average molecular weight is 369 g/mol. The van der Waals surface area contributed by atoms with E-state index in [1.807, 2.05) is 0 Å². The second-order valence-electron chi connectivity index (χ2n) is 5.33. The fraction of sp³-hybridized carbons (Fsp3) is 0.438. The molecule has 0 unspecified atom stereocenters. The summed E-state index contributed by atoms with van der Waals surface area (Å²) in [4.78, 5) is 4.52. The van der Waals surface area contributed by atoms with E-state index in [1.54, 1.807) is 0 Å². The minimum absolute atomic E-state index is 0.680. The lowest BCUT2D eigenvalue weighted by Crippen LogP contribution is -1.95. The van der Waals surface area contributed by atoms with Crippen molar-refractivity contribution in [2.45, 2.75) is 40.5 Å². The summed E-state index contributed by atoms with van der Waals surface area (Å²) in [6.07, 6.45) is 2.00. The van der Waals surface area contributed by atoms with Crippen molar-refractivity contribution in [2.24, 2.45) is 5.92 Å². The molecule has 1 heterocycles. The summed E-state index contributed by atoms with van der Waals surface area (Å²) in [6, 6.07) is 6.57. The van der Waals surface area contributed by atoms with E-state index >= 15 is 0 Å². The fourth-order valence-corrected chi connectivity index (χ4v) is 2.94. The van der Waals surface area contributed by atoms with Crippen LogP contribution in [0.15, 0.2) is 22.6 Å². The van der Waals surface area contributed by atoms with E-state index in [2.05, 4.69) is 73.5 Å². The zero-order valence-corrected chi connectivity index (χ0v) is 14.1. The van der Waals surface area contributed by atoms with Crippen LogP contribution in [0.5, 0.6) is 0 Å². The van der Waals surface area contributed by atoms with Gasteiger partial charge in [0.1, 0.15) is 9.46 Å². The molecule has 0 aliphatic rings. The molecule has 0 atom stereocenters. The molecular weight excluding hydrogens is 349 g/mol. The SMILES string of the molecule is CCc1oc(-c2ccc(CC(C)C)cc2C)nc1I. The molecular formula is C16H20INO. The van der Waals surface area contributed by atoms with Crippen LogP contribution in [-0.2, 0) is 12.8 Å². The van der Waals surface area contributed by atoms with Crippen LogP contribution in [0, 0.1) is 16.5 Å². The van der Waals surface area contributed by atoms with E-state index < -0.39 is 0 Å². The van der Waals surface area contributed by atoms with Crippen molar-refractivity contribution in [3.05, 3.63) is 38.8 Å². The van der Waals surface area contributed by atoms with Crippen LogP contribution in [0.2, 0.25) is 0 Å². The van der Waals surface area contributed by atoms with Gasteiger partial charge in [-0.05, 0) is 59.0 Å². The second-order valence-corrected chi connectivity index (χ2v) is 6.36. The third kappa shape index (κ3) is 3.38. The first kappa shape index (κ1) is 14.6. The van der Waals surface area contributed by atoms with E-state index in [4.69, 9.17) is 4.42 Å². The summed E-state index contributed by atoms with van der Waals surface area (Å²) >= 11 is 2.24. The number of hydrogen-bond acceptors (Lipinski definition) is 2. The molecule has 1 aromatic heterocycles. The highest BCUT2D eigenvalue weighted by Gasteiger charge is 2.13. The van der Waals surface area contributed by atoms with Gasteiger partial charge >= 0.3 is 0 Å². The predicted octanol–water partition coefficient (Wildman–Crippen LogP) is 5.02. The Hall–Kier alpha value is -0.840. The van der Waals surface area contributed by atoms with Gasteiger partial charge in [0.2, 0.25) is 5.89 Å². The van der Waals surface area contributed by atoms with E-state index in [9.17, 15) is 0 Å². The van der Waals surface area contributed by atoms with Crippen molar-refractivity contribution in [3.8, 4) is 11.5 Å². The lowest BCUT2D eigenvalue weighted by Gasteiger charge is -2.08. The molecule has 19 heavy (non-hydrogen) atoms. The number of aromatic nitrogens is 1. The molecule has 0 amide bonds. The predicted molar refractivity (Wildman–Crippen MR) is 87.3 cm³/mol. The first-order chi connectivity index (χ1) is 9.01. The van der Waals surface area contributed by atoms with Crippen LogP contribution in [0.3, 0.4) is 0 Å². The van der Waals surface area contributed by atoms with E-state index in [0.717, 1.165) is 33.8 Å². The number of nitrogens with zero attached hydrogens (tertiary/aromatic N) is 1. The Morgan fingerprint density at radius 3 is 2.58 bits per heavy atom. The molecule has 0 radical (unpaired) electrons. The molecule has 2 aromatic rings. The highest BCUT2D eigenvalue weighted by Crippen LogP contribution is 2.27. The molecule has 0 aliphatic carbocycles. The molecule has 0 saturated carbocycles. The maximum absolute atomic E-state index is 5.83. The minimum atomic E-state index is 0.680. The van der Waals surface area contributed by atoms with Gasteiger partial charge in [0.05, 0.1) is 0 Å². The Labute approximate surface area is 128 Å². The quantitative estimate of drug-likeness (QED) is 0.708. The Balaban J connectivity index is 2.34. The second kappa shape index (κ2) is 6.07. The van der Waals surface area contributed by atoms with Crippen LogP contribution < -0.4 is 0 Å². The smallest absolute Gasteiger partial charge is 0.227 e. The molecule has 0 bridgehead atoms. The highest BCUT2D eigenvalue weighted by atomic mass is 127. The first-order valence-corrected chi connectivity index (χ1v) is 7.84. The average Bonchev–Trinajstić information content (AvgIpc) is 2.69. The fourth-order valence-electron chi connectivity index (χ4n) is 2.23. The molecule has 0 saturated heterocycles. The summed E-state index contributed by atoms with van der Waals surface area (Å²) in [5, 5.41) is 0. The number of benzene rings is 1. The maximum Gasteiger partial charge on any atom is 0.227 e. The molecule has 2 nitrogen and oxygen atoms in total. The summed E-state index contributed by atoms with van der Waals surface area (Å²) in [7, 11) is 0.